The van der Waals surface area contributed by atoms with Gasteiger partial charge in [0.25, 0.3) is 5.91 Å². The molecule has 0 bridgehead atoms. The Bertz CT molecular complexity index is 1770. The fraction of sp³-hybridized carbons (Fsp3) is 0.114. The molecular weight excluding hydrogens is 560 g/mol. The highest BCUT2D eigenvalue weighted by Gasteiger charge is 2.16. The number of esters is 1. The lowest BCUT2D eigenvalue weighted by Crippen LogP contribution is -2.24. The van der Waals surface area contributed by atoms with E-state index in [0.29, 0.717) is 35.2 Å². The van der Waals surface area contributed by atoms with E-state index < -0.39 is 11.9 Å². The minimum Gasteiger partial charge on any atom is -0.493 e. The third-order valence-corrected chi connectivity index (χ3v) is 6.58. The first-order chi connectivity index (χ1) is 21.5. The summed E-state index contributed by atoms with van der Waals surface area (Å²) in [5, 5.41) is 5.80. The number of hydrogen-bond acceptors (Lipinski definition) is 8. The van der Waals surface area contributed by atoms with Crippen molar-refractivity contribution in [1.29, 1.82) is 0 Å². The van der Waals surface area contributed by atoms with Crippen molar-refractivity contribution < 1.29 is 33.3 Å². The van der Waals surface area contributed by atoms with Crippen molar-refractivity contribution in [1.82, 2.24) is 5.43 Å². The molecule has 0 radical (unpaired) electrons. The largest absolute Gasteiger partial charge is 0.493 e. The van der Waals surface area contributed by atoms with Gasteiger partial charge in [0.2, 0.25) is 0 Å². The molecule has 0 saturated carbocycles. The Hall–Kier alpha value is -5.83. The summed E-state index contributed by atoms with van der Waals surface area (Å²) < 4.78 is 27.7. The maximum Gasteiger partial charge on any atom is 0.343 e. The predicted molar refractivity (Wildman–Crippen MR) is 167 cm³/mol. The molecule has 5 aromatic carbocycles. The number of methoxy groups -OCH3 is 2. The van der Waals surface area contributed by atoms with E-state index >= 15 is 0 Å². The van der Waals surface area contributed by atoms with E-state index in [9.17, 15) is 9.59 Å². The number of hydrogen-bond donors (Lipinski definition) is 1. The van der Waals surface area contributed by atoms with Crippen molar-refractivity contribution in [2.75, 3.05) is 20.8 Å². The normalized spacial score (nSPS) is 10.8. The average molecular weight is 591 g/mol. The molecule has 1 N–H and O–H groups in total. The summed E-state index contributed by atoms with van der Waals surface area (Å²) in [6, 6.07) is 32.7. The fourth-order valence-corrected chi connectivity index (χ4v) is 4.34. The van der Waals surface area contributed by atoms with Crippen LogP contribution in [0.5, 0.6) is 28.7 Å². The highest BCUT2D eigenvalue weighted by Crippen LogP contribution is 2.30. The van der Waals surface area contributed by atoms with Crippen LogP contribution in [0.1, 0.15) is 21.5 Å². The van der Waals surface area contributed by atoms with Gasteiger partial charge in [0.1, 0.15) is 23.9 Å². The number of ether oxygens (including phenoxy) is 5. The maximum absolute atomic E-state index is 13.0. The Labute approximate surface area is 254 Å². The van der Waals surface area contributed by atoms with Crippen molar-refractivity contribution >= 4 is 28.9 Å². The molecule has 0 fully saturated rings. The summed E-state index contributed by atoms with van der Waals surface area (Å²) in [7, 11) is 3.01. The van der Waals surface area contributed by atoms with Gasteiger partial charge in [0.05, 0.1) is 26.0 Å². The molecule has 5 aromatic rings. The zero-order chi connectivity index (χ0) is 30.7. The van der Waals surface area contributed by atoms with Crippen LogP contribution in [-0.2, 0) is 11.4 Å². The standard InChI is InChI=1S/C35H30N2O7/c1-40-32-19-13-26(20-33(32)41-2)35(39)44-31-18-12-25-10-6-7-11-29(25)30(31)21-36-37-34(38)23-43-28-16-14-27(15-17-28)42-22-24-8-4-3-5-9-24/h3-21H,22-23H2,1-2H3,(H,37,38)/b36-21+. The lowest BCUT2D eigenvalue weighted by Gasteiger charge is -2.12. The van der Waals surface area contributed by atoms with Gasteiger partial charge in [-0.05, 0) is 64.9 Å². The summed E-state index contributed by atoms with van der Waals surface area (Å²) in [5.41, 5.74) is 4.33. The Kier molecular flexibility index (Phi) is 9.69. The molecular formula is C35H30N2O7. The molecule has 0 aliphatic carbocycles. The maximum atomic E-state index is 13.0. The van der Waals surface area contributed by atoms with Crippen LogP contribution < -0.4 is 29.1 Å². The van der Waals surface area contributed by atoms with Crippen LogP contribution in [0.25, 0.3) is 10.8 Å². The number of benzene rings is 5. The average Bonchev–Trinajstić information content (AvgIpc) is 3.07. The van der Waals surface area contributed by atoms with Gasteiger partial charge in [0, 0.05) is 5.56 Å². The van der Waals surface area contributed by atoms with E-state index in [-0.39, 0.29) is 17.9 Å². The van der Waals surface area contributed by atoms with Gasteiger partial charge in [-0.2, -0.15) is 5.10 Å². The van der Waals surface area contributed by atoms with Gasteiger partial charge in [0.15, 0.2) is 18.1 Å². The highest BCUT2D eigenvalue weighted by molar-refractivity contribution is 6.04. The van der Waals surface area contributed by atoms with Crippen LogP contribution in [0.4, 0.5) is 0 Å². The molecule has 222 valence electrons. The summed E-state index contributed by atoms with van der Waals surface area (Å²) in [6.45, 7) is 0.202. The number of carbonyl (C=O) groups excluding carboxylic acids is 2. The zero-order valence-corrected chi connectivity index (χ0v) is 24.2. The Morgan fingerprint density at radius 3 is 2.16 bits per heavy atom. The van der Waals surface area contributed by atoms with E-state index in [1.165, 1.54) is 20.4 Å². The smallest absolute Gasteiger partial charge is 0.343 e. The summed E-state index contributed by atoms with van der Waals surface area (Å²) in [4.78, 5) is 25.5. The lowest BCUT2D eigenvalue weighted by atomic mass is 10.0. The van der Waals surface area contributed by atoms with Crippen molar-refractivity contribution in [2.24, 2.45) is 5.10 Å². The molecule has 9 heteroatoms. The molecule has 0 unspecified atom stereocenters. The van der Waals surface area contributed by atoms with Crippen LogP contribution >= 0.6 is 0 Å². The van der Waals surface area contributed by atoms with Gasteiger partial charge < -0.3 is 23.7 Å². The Balaban J connectivity index is 1.21. The molecule has 0 heterocycles. The van der Waals surface area contributed by atoms with E-state index in [0.717, 1.165) is 16.3 Å². The Morgan fingerprint density at radius 2 is 1.41 bits per heavy atom. The summed E-state index contributed by atoms with van der Waals surface area (Å²) >= 11 is 0. The third kappa shape index (κ3) is 7.51. The van der Waals surface area contributed by atoms with Crippen molar-refractivity contribution in [2.45, 2.75) is 6.61 Å². The molecule has 0 aliphatic heterocycles. The number of nitrogens with zero attached hydrogens (tertiary/aromatic N) is 1. The second kappa shape index (κ2) is 14.4. The SMILES string of the molecule is COc1ccc(C(=O)Oc2ccc3ccccc3c2/C=N/NC(=O)COc2ccc(OCc3ccccc3)cc2)cc1OC. The van der Waals surface area contributed by atoms with Crippen LogP contribution in [0.2, 0.25) is 0 Å². The first-order valence-electron chi connectivity index (χ1n) is 13.7. The van der Waals surface area contributed by atoms with Gasteiger partial charge in [-0.1, -0.05) is 60.7 Å². The number of hydrazone groups is 1. The second-order valence-corrected chi connectivity index (χ2v) is 9.49. The Morgan fingerprint density at radius 1 is 0.727 bits per heavy atom. The summed E-state index contributed by atoms with van der Waals surface area (Å²) in [5.74, 6) is 1.31. The van der Waals surface area contributed by atoms with Crippen molar-refractivity contribution in [3.63, 3.8) is 0 Å². The number of rotatable bonds is 12. The zero-order valence-electron chi connectivity index (χ0n) is 24.2. The minimum atomic E-state index is -0.593. The molecule has 44 heavy (non-hydrogen) atoms. The second-order valence-electron chi connectivity index (χ2n) is 9.49. The first-order valence-corrected chi connectivity index (χ1v) is 13.7. The molecule has 0 spiro atoms. The van der Waals surface area contributed by atoms with Gasteiger partial charge >= 0.3 is 5.97 Å². The van der Waals surface area contributed by atoms with E-state index in [1.807, 2.05) is 60.7 Å². The molecule has 1 amide bonds. The van der Waals surface area contributed by atoms with Crippen LogP contribution in [-0.4, -0.2) is 38.9 Å². The molecule has 0 atom stereocenters. The fourth-order valence-electron chi connectivity index (χ4n) is 4.34. The molecule has 0 saturated heterocycles. The number of nitrogens with one attached hydrogen (secondary N) is 1. The van der Waals surface area contributed by atoms with Gasteiger partial charge in [-0.15, -0.1) is 0 Å². The molecule has 0 aliphatic rings. The summed E-state index contributed by atoms with van der Waals surface area (Å²) in [6.07, 6.45) is 1.44. The predicted octanol–water partition coefficient (Wildman–Crippen LogP) is 6.18. The minimum absolute atomic E-state index is 0.252. The number of fused-ring (bicyclic) bond motifs is 1. The van der Waals surface area contributed by atoms with Crippen LogP contribution in [0.3, 0.4) is 0 Å². The lowest BCUT2D eigenvalue weighted by molar-refractivity contribution is -0.123. The molecule has 9 nitrogen and oxygen atoms in total. The first kappa shape index (κ1) is 29.7. The topological polar surface area (TPSA) is 105 Å². The van der Waals surface area contributed by atoms with Crippen LogP contribution in [0, 0.1) is 0 Å². The van der Waals surface area contributed by atoms with Gasteiger partial charge in [-0.3, -0.25) is 4.79 Å². The van der Waals surface area contributed by atoms with Crippen LogP contribution in [0.15, 0.2) is 114 Å². The number of amides is 1. The number of carbonyl (C=O) groups is 2. The van der Waals surface area contributed by atoms with Gasteiger partial charge in [-0.25, -0.2) is 10.2 Å². The molecule has 5 rings (SSSR count). The third-order valence-electron chi connectivity index (χ3n) is 6.58. The highest BCUT2D eigenvalue weighted by atomic mass is 16.5. The van der Waals surface area contributed by atoms with Crippen molar-refractivity contribution in [3.05, 3.63) is 126 Å². The van der Waals surface area contributed by atoms with E-state index in [2.05, 4.69) is 10.5 Å². The monoisotopic (exact) mass is 590 g/mol. The van der Waals surface area contributed by atoms with Crippen molar-refractivity contribution in [3.8, 4) is 28.7 Å². The molecule has 0 aromatic heterocycles. The van der Waals surface area contributed by atoms with E-state index in [4.69, 9.17) is 23.7 Å². The van der Waals surface area contributed by atoms with E-state index in [1.54, 1.807) is 48.5 Å². The quantitative estimate of drug-likeness (QED) is 0.0800.